The quantitative estimate of drug-likeness (QED) is 0.722. The Labute approximate surface area is 144 Å². The van der Waals surface area contributed by atoms with Gasteiger partial charge in [0.05, 0.1) is 4.90 Å². The number of fused-ring (bicyclic) bond motifs is 3. The average molecular weight is 364 g/mol. The first kappa shape index (κ1) is 15.7. The van der Waals surface area contributed by atoms with E-state index in [4.69, 9.17) is 11.6 Å². The van der Waals surface area contributed by atoms with Crippen LogP contribution < -0.4 is 0 Å². The van der Waals surface area contributed by atoms with E-state index in [1.54, 1.807) is 36.4 Å². The van der Waals surface area contributed by atoms with Crippen LogP contribution in [-0.4, -0.2) is 19.6 Å². The van der Waals surface area contributed by atoms with E-state index in [-0.39, 0.29) is 11.3 Å². The molecule has 0 aliphatic heterocycles. The summed E-state index contributed by atoms with van der Waals surface area (Å²) in [4.78, 5) is 3.26. The topological polar surface area (TPSA) is 49.9 Å². The predicted molar refractivity (Wildman–Crippen MR) is 92.9 cm³/mol. The molecule has 124 valence electrons. The third kappa shape index (κ3) is 2.34. The number of aromatic nitrogens is 1. The number of alkyl halides is 1. The Bertz CT molecular complexity index is 1010. The summed E-state index contributed by atoms with van der Waals surface area (Å²) in [6.45, 7) is 0. The van der Waals surface area contributed by atoms with Gasteiger partial charge in [-0.1, -0.05) is 29.8 Å². The van der Waals surface area contributed by atoms with Gasteiger partial charge in [0.25, 0.3) is 0 Å². The predicted octanol–water partition coefficient (Wildman–Crippen LogP) is 4.62. The van der Waals surface area contributed by atoms with Crippen LogP contribution in [0.5, 0.6) is 0 Å². The van der Waals surface area contributed by atoms with Gasteiger partial charge in [-0.05, 0) is 48.7 Å². The molecular weight excluding hydrogens is 349 g/mol. The Morgan fingerprint density at radius 1 is 1.12 bits per heavy atom. The first-order chi connectivity index (χ1) is 11.5. The smallest absolute Gasteiger partial charge is 0.189 e. The molecule has 1 aliphatic carbocycles. The molecule has 0 bridgehead atoms. The summed E-state index contributed by atoms with van der Waals surface area (Å²) in [5.74, 6) is 0. The minimum Gasteiger partial charge on any atom is -0.357 e. The van der Waals surface area contributed by atoms with Crippen molar-refractivity contribution < 1.29 is 12.8 Å². The van der Waals surface area contributed by atoms with Crippen molar-refractivity contribution in [2.45, 2.75) is 29.2 Å². The lowest BCUT2D eigenvalue weighted by atomic mass is 9.94. The van der Waals surface area contributed by atoms with Gasteiger partial charge in [0, 0.05) is 21.6 Å². The van der Waals surface area contributed by atoms with Gasteiger partial charge >= 0.3 is 0 Å². The zero-order valence-corrected chi connectivity index (χ0v) is 14.2. The third-order valence-corrected chi connectivity index (χ3v) is 6.95. The van der Waals surface area contributed by atoms with Crippen molar-refractivity contribution in [1.82, 2.24) is 4.98 Å². The molecule has 2 atom stereocenters. The number of hydrogen-bond donors (Lipinski definition) is 1. The van der Waals surface area contributed by atoms with E-state index in [1.807, 2.05) is 0 Å². The number of sulfone groups is 1. The molecule has 0 saturated carbocycles. The fourth-order valence-electron chi connectivity index (χ4n) is 3.47. The fourth-order valence-corrected chi connectivity index (χ4v) is 5.51. The second kappa shape index (κ2) is 5.60. The van der Waals surface area contributed by atoms with E-state index >= 15 is 0 Å². The highest BCUT2D eigenvalue weighted by molar-refractivity contribution is 7.91. The SMILES string of the molecule is O=S(=O)(c1ccccc1)C1c2[nH]c3ccc(Cl)cc3c2CCC1F. The molecule has 1 aliphatic rings. The minimum atomic E-state index is -3.82. The number of rotatable bonds is 2. The molecule has 1 N–H and O–H groups in total. The second-order valence-electron chi connectivity index (χ2n) is 6.04. The summed E-state index contributed by atoms with van der Waals surface area (Å²) < 4.78 is 40.7. The summed E-state index contributed by atoms with van der Waals surface area (Å²) in [5, 5.41) is 0.238. The molecule has 2 aromatic carbocycles. The van der Waals surface area contributed by atoms with Gasteiger partial charge in [0.1, 0.15) is 11.4 Å². The maximum Gasteiger partial charge on any atom is 0.189 e. The molecule has 0 saturated heterocycles. The maximum atomic E-state index is 14.7. The van der Waals surface area contributed by atoms with E-state index < -0.39 is 21.3 Å². The average Bonchev–Trinajstić information content (AvgIpc) is 2.92. The molecule has 0 amide bonds. The zero-order chi connectivity index (χ0) is 16.9. The highest BCUT2D eigenvalue weighted by Crippen LogP contribution is 2.43. The molecule has 1 aromatic heterocycles. The van der Waals surface area contributed by atoms with Crippen LogP contribution in [0.4, 0.5) is 4.39 Å². The van der Waals surface area contributed by atoms with Gasteiger partial charge in [-0.15, -0.1) is 0 Å². The first-order valence-corrected chi connectivity index (χ1v) is 9.64. The van der Waals surface area contributed by atoms with Crippen LogP contribution in [0.2, 0.25) is 5.02 Å². The van der Waals surface area contributed by atoms with Crippen molar-refractivity contribution in [3.05, 3.63) is 64.8 Å². The molecular formula is C18H15ClFNO2S. The lowest BCUT2D eigenvalue weighted by Gasteiger charge is -2.26. The summed E-state index contributed by atoms with van der Waals surface area (Å²) in [5.41, 5.74) is 2.09. The normalized spacial score (nSPS) is 20.9. The standard InChI is InChI=1S/C18H15ClFNO2S/c19-11-6-9-16-14(10-11)13-7-8-15(20)18(17(13)21-16)24(22,23)12-4-2-1-3-5-12/h1-6,9-10,15,18,21H,7-8H2. The summed E-state index contributed by atoms with van der Waals surface area (Å²) in [7, 11) is -3.82. The Morgan fingerprint density at radius 2 is 1.88 bits per heavy atom. The van der Waals surface area contributed by atoms with Crippen molar-refractivity contribution in [1.29, 1.82) is 0 Å². The number of aryl methyl sites for hydroxylation is 1. The van der Waals surface area contributed by atoms with Crippen LogP contribution in [0, 0.1) is 0 Å². The Hall–Kier alpha value is -1.85. The Kier molecular flexibility index (Phi) is 3.66. The highest BCUT2D eigenvalue weighted by atomic mass is 35.5. The molecule has 3 nitrogen and oxygen atoms in total. The van der Waals surface area contributed by atoms with Gasteiger partial charge < -0.3 is 4.98 Å². The molecule has 0 spiro atoms. The molecule has 2 unspecified atom stereocenters. The third-order valence-electron chi connectivity index (χ3n) is 4.59. The van der Waals surface area contributed by atoms with Gasteiger partial charge in [-0.3, -0.25) is 0 Å². The molecule has 6 heteroatoms. The van der Waals surface area contributed by atoms with Gasteiger partial charge in [-0.25, -0.2) is 12.8 Å². The maximum absolute atomic E-state index is 14.7. The van der Waals surface area contributed by atoms with Gasteiger partial charge in [0.15, 0.2) is 9.84 Å². The minimum absolute atomic E-state index is 0.141. The van der Waals surface area contributed by atoms with Crippen LogP contribution >= 0.6 is 11.6 Å². The number of H-pyrrole nitrogens is 1. The number of hydrogen-bond acceptors (Lipinski definition) is 2. The molecule has 0 radical (unpaired) electrons. The Morgan fingerprint density at radius 3 is 2.62 bits per heavy atom. The number of aromatic amines is 1. The summed E-state index contributed by atoms with van der Waals surface area (Å²) in [6, 6.07) is 13.4. The van der Waals surface area contributed by atoms with Crippen molar-refractivity contribution in [3.8, 4) is 0 Å². The van der Waals surface area contributed by atoms with Gasteiger partial charge in [-0.2, -0.15) is 0 Å². The van der Waals surface area contributed by atoms with Crippen LogP contribution in [0.25, 0.3) is 10.9 Å². The van der Waals surface area contributed by atoms with Crippen LogP contribution in [-0.2, 0) is 16.3 Å². The summed E-state index contributed by atoms with van der Waals surface area (Å²) in [6.07, 6.45) is -0.757. The van der Waals surface area contributed by atoms with E-state index in [0.29, 0.717) is 17.1 Å². The summed E-state index contributed by atoms with van der Waals surface area (Å²) >= 11 is 6.06. The van der Waals surface area contributed by atoms with Crippen molar-refractivity contribution in [2.24, 2.45) is 0 Å². The van der Waals surface area contributed by atoms with E-state index in [1.165, 1.54) is 12.1 Å². The lowest BCUT2D eigenvalue weighted by Crippen LogP contribution is -2.28. The van der Waals surface area contributed by atoms with Crippen LogP contribution in [0.3, 0.4) is 0 Å². The van der Waals surface area contributed by atoms with Crippen molar-refractivity contribution >= 4 is 32.3 Å². The molecule has 24 heavy (non-hydrogen) atoms. The van der Waals surface area contributed by atoms with Crippen LogP contribution in [0.15, 0.2) is 53.4 Å². The number of halogens is 2. The highest BCUT2D eigenvalue weighted by Gasteiger charge is 2.42. The van der Waals surface area contributed by atoms with E-state index in [0.717, 1.165) is 16.5 Å². The molecule has 0 fully saturated rings. The van der Waals surface area contributed by atoms with Crippen molar-refractivity contribution in [2.75, 3.05) is 0 Å². The number of benzene rings is 2. The Balaban J connectivity index is 1.94. The lowest BCUT2D eigenvalue weighted by molar-refractivity contribution is 0.287. The largest absolute Gasteiger partial charge is 0.357 e. The second-order valence-corrected chi connectivity index (χ2v) is 8.55. The van der Waals surface area contributed by atoms with Crippen LogP contribution in [0.1, 0.15) is 22.9 Å². The molecule has 1 heterocycles. The molecule has 4 rings (SSSR count). The van der Waals surface area contributed by atoms with E-state index in [2.05, 4.69) is 4.98 Å². The van der Waals surface area contributed by atoms with Crippen molar-refractivity contribution in [3.63, 3.8) is 0 Å². The zero-order valence-electron chi connectivity index (χ0n) is 12.7. The first-order valence-electron chi connectivity index (χ1n) is 7.71. The number of nitrogens with one attached hydrogen (secondary N) is 1. The van der Waals surface area contributed by atoms with E-state index in [9.17, 15) is 12.8 Å². The molecule has 3 aromatic rings. The van der Waals surface area contributed by atoms with Gasteiger partial charge in [0.2, 0.25) is 0 Å². The monoisotopic (exact) mass is 363 g/mol. The fraction of sp³-hybridized carbons (Fsp3) is 0.222.